The number of halogens is 3. The minimum Gasteiger partial charge on any atom is -0.378 e. The van der Waals surface area contributed by atoms with Crippen LogP contribution in [0.3, 0.4) is 0 Å². The van der Waals surface area contributed by atoms with Crippen molar-refractivity contribution >= 4 is 17.5 Å². The molecule has 1 fully saturated rings. The summed E-state index contributed by atoms with van der Waals surface area (Å²) in [6.07, 6.45) is 0. The summed E-state index contributed by atoms with van der Waals surface area (Å²) >= 11 is 0. The van der Waals surface area contributed by atoms with Crippen LogP contribution in [0.15, 0.2) is 12.1 Å². The van der Waals surface area contributed by atoms with Crippen molar-refractivity contribution in [3.63, 3.8) is 0 Å². The van der Waals surface area contributed by atoms with Crippen LogP contribution in [0.4, 0.5) is 18.9 Å². The second kappa shape index (κ2) is 8.11. The predicted octanol–water partition coefficient (Wildman–Crippen LogP) is 0.833. The van der Waals surface area contributed by atoms with Crippen molar-refractivity contribution in [2.75, 3.05) is 51.8 Å². The number of hydrogen-bond donors (Lipinski definition) is 1. The first kappa shape index (κ1) is 18.2. The fraction of sp³-hybridized carbons (Fsp3) is 0.467. The van der Waals surface area contributed by atoms with E-state index in [1.54, 1.807) is 11.9 Å². The van der Waals surface area contributed by atoms with E-state index in [-0.39, 0.29) is 19.0 Å². The summed E-state index contributed by atoms with van der Waals surface area (Å²) in [6, 6.07) is 1.66. The molecule has 0 aliphatic carbocycles. The second-order valence-corrected chi connectivity index (χ2v) is 5.44. The summed E-state index contributed by atoms with van der Waals surface area (Å²) in [6.45, 7) is 1.76. The van der Waals surface area contributed by atoms with Crippen LogP contribution in [-0.4, -0.2) is 68.1 Å². The number of likely N-dealkylation sites (N-methyl/N-ethyl adjacent to an activating group) is 1. The topological polar surface area (TPSA) is 61.9 Å². The van der Waals surface area contributed by atoms with Gasteiger partial charge in [0.15, 0.2) is 17.5 Å². The van der Waals surface area contributed by atoms with Gasteiger partial charge in [0.1, 0.15) is 0 Å². The molecule has 0 atom stereocenters. The zero-order valence-electron chi connectivity index (χ0n) is 13.2. The number of amides is 2. The van der Waals surface area contributed by atoms with Crippen molar-refractivity contribution in [2.24, 2.45) is 0 Å². The summed E-state index contributed by atoms with van der Waals surface area (Å²) < 4.78 is 44.6. The number of nitrogens with one attached hydrogen (secondary N) is 1. The van der Waals surface area contributed by atoms with Crippen molar-refractivity contribution in [3.8, 4) is 0 Å². The highest BCUT2D eigenvalue weighted by Gasteiger charge is 2.20. The molecule has 1 heterocycles. The van der Waals surface area contributed by atoms with Crippen LogP contribution in [-0.2, 0) is 14.3 Å². The first-order chi connectivity index (χ1) is 11.4. The minimum absolute atomic E-state index is 0.00762. The molecule has 2 amide bonds. The second-order valence-electron chi connectivity index (χ2n) is 5.44. The number of ether oxygens (including phenoxy) is 1. The van der Waals surface area contributed by atoms with Gasteiger partial charge >= 0.3 is 0 Å². The van der Waals surface area contributed by atoms with Crippen molar-refractivity contribution < 1.29 is 27.5 Å². The molecule has 0 unspecified atom stereocenters. The van der Waals surface area contributed by atoms with Gasteiger partial charge in [0, 0.05) is 13.1 Å². The van der Waals surface area contributed by atoms with Crippen molar-refractivity contribution in [3.05, 3.63) is 29.6 Å². The molecule has 1 saturated heterocycles. The number of anilines is 1. The number of rotatable bonds is 5. The Morgan fingerprint density at radius 3 is 2.50 bits per heavy atom. The Morgan fingerprint density at radius 1 is 1.17 bits per heavy atom. The molecule has 0 aromatic heterocycles. The lowest BCUT2D eigenvalue weighted by atomic mass is 10.2. The molecule has 9 heteroatoms. The summed E-state index contributed by atoms with van der Waals surface area (Å²) in [5.74, 6) is -5.23. The molecule has 0 radical (unpaired) electrons. The number of morpholine rings is 1. The van der Waals surface area contributed by atoms with E-state index in [1.807, 2.05) is 0 Å². The van der Waals surface area contributed by atoms with Gasteiger partial charge in [-0.3, -0.25) is 14.5 Å². The maximum atomic E-state index is 13.5. The standard InChI is InChI=1S/C15H18F3N3O3/c1-20(9-13(23)21-4-6-24-7-5-21)8-12(22)19-11-3-2-10(16)14(17)15(11)18/h2-3H,4-9H2,1H3,(H,19,22). The quantitative estimate of drug-likeness (QED) is 0.803. The first-order valence-electron chi connectivity index (χ1n) is 7.36. The van der Waals surface area contributed by atoms with Gasteiger partial charge in [0.25, 0.3) is 0 Å². The number of carbonyl (C=O) groups is 2. The van der Waals surface area contributed by atoms with Gasteiger partial charge in [-0.05, 0) is 19.2 Å². The summed E-state index contributed by atoms with van der Waals surface area (Å²) in [7, 11) is 1.56. The van der Waals surface area contributed by atoms with Crippen LogP contribution in [0.5, 0.6) is 0 Å². The van der Waals surface area contributed by atoms with Crippen LogP contribution >= 0.6 is 0 Å². The van der Waals surface area contributed by atoms with E-state index in [0.717, 1.165) is 12.1 Å². The van der Waals surface area contributed by atoms with Gasteiger partial charge in [-0.25, -0.2) is 13.2 Å². The van der Waals surface area contributed by atoms with Crippen molar-refractivity contribution in [2.45, 2.75) is 0 Å². The SMILES string of the molecule is CN(CC(=O)Nc1ccc(F)c(F)c1F)CC(=O)N1CCOCC1. The molecule has 1 aromatic carbocycles. The number of nitrogens with zero attached hydrogens (tertiary/aromatic N) is 2. The van der Waals surface area contributed by atoms with Crippen molar-refractivity contribution in [1.82, 2.24) is 9.80 Å². The molecule has 1 N–H and O–H groups in total. The van der Waals surface area contributed by atoms with Gasteiger partial charge in [-0.2, -0.15) is 0 Å². The smallest absolute Gasteiger partial charge is 0.238 e. The highest BCUT2D eigenvalue weighted by molar-refractivity contribution is 5.92. The van der Waals surface area contributed by atoms with Gasteiger partial charge < -0.3 is 15.0 Å². The van der Waals surface area contributed by atoms with E-state index >= 15 is 0 Å². The largest absolute Gasteiger partial charge is 0.378 e. The molecule has 132 valence electrons. The Balaban J connectivity index is 1.85. The van der Waals surface area contributed by atoms with E-state index in [1.165, 1.54) is 4.90 Å². The highest BCUT2D eigenvalue weighted by Crippen LogP contribution is 2.19. The highest BCUT2D eigenvalue weighted by atomic mass is 19.2. The zero-order valence-corrected chi connectivity index (χ0v) is 13.2. The number of hydrogen-bond acceptors (Lipinski definition) is 4. The monoisotopic (exact) mass is 345 g/mol. The molecule has 0 saturated carbocycles. The number of carbonyl (C=O) groups excluding carboxylic acids is 2. The first-order valence-corrected chi connectivity index (χ1v) is 7.36. The normalized spacial score (nSPS) is 14.8. The van der Waals surface area contributed by atoms with Gasteiger partial charge in [-0.1, -0.05) is 0 Å². The van der Waals surface area contributed by atoms with Gasteiger partial charge in [-0.15, -0.1) is 0 Å². The van der Waals surface area contributed by atoms with Crippen LogP contribution in [0, 0.1) is 17.5 Å². The summed E-state index contributed by atoms with van der Waals surface area (Å²) in [5, 5.41) is 2.15. The average Bonchev–Trinajstić information content (AvgIpc) is 2.56. The zero-order chi connectivity index (χ0) is 17.7. The van der Waals surface area contributed by atoms with E-state index < -0.39 is 29.0 Å². The third-order valence-corrected chi connectivity index (χ3v) is 3.49. The summed E-state index contributed by atoms with van der Waals surface area (Å²) in [5.41, 5.74) is -0.452. The van der Waals surface area contributed by atoms with Crippen LogP contribution < -0.4 is 5.32 Å². The Hall–Kier alpha value is -2.13. The van der Waals surface area contributed by atoms with Gasteiger partial charge in [0.05, 0.1) is 32.0 Å². The Labute approximate surface area is 137 Å². The van der Waals surface area contributed by atoms with E-state index in [9.17, 15) is 22.8 Å². The average molecular weight is 345 g/mol. The Kier molecular flexibility index (Phi) is 6.16. The lowest BCUT2D eigenvalue weighted by Gasteiger charge is -2.28. The molecule has 1 aliphatic rings. The van der Waals surface area contributed by atoms with Crippen LogP contribution in [0.2, 0.25) is 0 Å². The Morgan fingerprint density at radius 2 is 1.83 bits per heavy atom. The number of benzene rings is 1. The maximum Gasteiger partial charge on any atom is 0.238 e. The summed E-state index contributed by atoms with van der Waals surface area (Å²) in [4.78, 5) is 27.0. The van der Waals surface area contributed by atoms with E-state index in [0.29, 0.717) is 26.3 Å². The van der Waals surface area contributed by atoms with Crippen molar-refractivity contribution in [1.29, 1.82) is 0 Å². The molecule has 1 aliphatic heterocycles. The molecular weight excluding hydrogens is 327 g/mol. The van der Waals surface area contributed by atoms with Crippen LogP contribution in [0.1, 0.15) is 0 Å². The van der Waals surface area contributed by atoms with Crippen LogP contribution in [0.25, 0.3) is 0 Å². The van der Waals surface area contributed by atoms with E-state index in [4.69, 9.17) is 4.74 Å². The fourth-order valence-electron chi connectivity index (χ4n) is 2.26. The van der Waals surface area contributed by atoms with Gasteiger partial charge in [0.2, 0.25) is 11.8 Å². The van der Waals surface area contributed by atoms with E-state index in [2.05, 4.69) is 5.32 Å². The third-order valence-electron chi connectivity index (χ3n) is 3.49. The Bertz CT molecular complexity index is 621. The molecule has 0 spiro atoms. The molecule has 1 aromatic rings. The molecule has 0 bridgehead atoms. The maximum absolute atomic E-state index is 13.5. The predicted molar refractivity (Wildman–Crippen MR) is 79.8 cm³/mol. The lowest BCUT2D eigenvalue weighted by molar-refractivity contribution is -0.136. The molecule has 24 heavy (non-hydrogen) atoms. The lowest BCUT2D eigenvalue weighted by Crippen LogP contribution is -2.46. The molecule has 6 nitrogen and oxygen atoms in total. The molecular formula is C15H18F3N3O3. The third kappa shape index (κ3) is 4.68. The molecule has 2 rings (SSSR count). The fourth-order valence-corrected chi connectivity index (χ4v) is 2.26. The minimum atomic E-state index is -1.65.